The molecule has 4 heteroatoms. The van der Waals surface area contributed by atoms with E-state index in [1.807, 2.05) is 0 Å². The van der Waals surface area contributed by atoms with Crippen LogP contribution in [-0.4, -0.2) is 9.52 Å². The van der Waals surface area contributed by atoms with Gasteiger partial charge in [-0.25, -0.2) is 0 Å². The van der Waals surface area contributed by atoms with Crippen LogP contribution < -0.4 is 13.6 Å². The molecule has 0 amide bonds. The fourth-order valence-corrected chi connectivity index (χ4v) is 41.2. The monoisotopic (exact) mass is 1070 g/mol. The standard InChI is InChI=1S/2C28H29.C12H9Si.2ClH.Zr/c2*1-19(2)16-21-17-23-14-15-24(20(3)4)28(27(23)18-21)26-13-9-8-12-25(26)22-10-6-5-7-11-22;1-3-7-11-9(5-1)10-6-2-4-8-12(10)13-11;;;/h2*5-15,17-20H,16H2,1-4H3;1-7H,13H2;2*1H;/q;;;;;+2/p-2. The Morgan fingerprint density at radius 2 is 0.819 bits per heavy atom. The van der Waals surface area contributed by atoms with Crippen molar-refractivity contribution in [3.05, 3.63) is 220 Å². The molecule has 2 atom stereocenters. The quantitative estimate of drug-likeness (QED) is 0.101. The summed E-state index contributed by atoms with van der Waals surface area (Å²) in [5, 5.41) is 2.95. The molecule has 0 bridgehead atoms. The number of fused-ring (bicyclic) bond motifs is 5. The summed E-state index contributed by atoms with van der Waals surface area (Å²) in [7, 11) is 18.5. The molecule has 0 radical (unpaired) electrons. The predicted octanol–water partition coefficient (Wildman–Crippen LogP) is 17.7. The number of hydrogen-bond acceptors (Lipinski definition) is 0. The van der Waals surface area contributed by atoms with Gasteiger partial charge < -0.3 is 0 Å². The second kappa shape index (κ2) is 19.3. The molecule has 8 aromatic carbocycles. The molecule has 1 heterocycles. The van der Waals surface area contributed by atoms with Crippen molar-refractivity contribution in [2.45, 2.75) is 87.3 Å². The Morgan fingerprint density at radius 3 is 1.26 bits per heavy atom. The molecule has 0 fully saturated rings. The molecule has 0 nitrogen and oxygen atoms in total. The summed E-state index contributed by atoms with van der Waals surface area (Å²) < 4.78 is 0.951. The zero-order chi connectivity index (χ0) is 50.1. The molecule has 3 aliphatic rings. The van der Waals surface area contributed by atoms with E-state index in [9.17, 15) is 17.0 Å². The number of hydrogen-bond donors (Lipinski definition) is 0. The first-order valence-electron chi connectivity index (χ1n) is 26.6. The van der Waals surface area contributed by atoms with Crippen LogP contribution in [0.25, 0.3) is 67.8 Å². The first-order valence-corrected chi connectivity index (χ1v) is 38.4. The van der Waals surface area contributed by atoms with E-state index < -0.39 is 25.9 Å². The Morgan fingerprint density at radius 1 is 0.417 bits per heavy atom. The van der Waals surface area contributed by atoms with Crippen molar-refractivity contribution in [3.8, 4) is 55.6 Å². The van der Waals surface area contributed by atoms with Gasteiger partial charge in [-0.05, 0) is 0 Å². The molecule has 1 aliphatic heterocycles. The summed E-state index contributed by atoms with van der Waals surface area (Å²) in [4.78, 5) is 0. The van der Waals surface area contributed by atoms with E-state index in [2.05, 4.69) is 243 Å². The SMILES string of the molecule is CC(C)CC1=Cc2c(ccc(C(C)C)c2-c2ccccc2-c2ccccc2)[CH]1[Zr]([Cl])([Cl])([c]1cccc2c1[SiH2]c1ccccc1-2)[CH]1C(CC(C)C)=Cc2c1ccc(C(C)C)c2-c1ccccc1-c1ccccc1. The average molecular weight is 1070 g/mol. The number of halogens is 2. The van der Waals surface area contributed by atoms with E-state index in [0.717, 1.165) is 12.8 Å². The molecule has 0 aromatic heterocycles. The minimum absolute atomic E-state index is 0.170. The van der Waals surface area contributed by atoms with E-state index in [0.29, 0.717) is 23.7 Å². The van der Waals surface area contributed by atoms with Gasteiger partial charge in [0.1, 0.15) is 0 Å². The topological polar surface area (TPSA) is 0 Å². The van der Waals surface area contributed by atoms with Crippen molar-refractivity contribution in [1.82, 2.24) is 0 Å². The molecule has 0 N–H and O–H groups in total. The fraction of sp³-hybridized carbons (Fsp3) is 0.235. The van der Waals surface area contributed by atoms with Crippen LogP contribution in [0.3, 0.4) is 0 Å². The van der Waals surface area contributed by atoms with E-state index in [1.165, 1.54) is 114 Å². The van der Waals surface area contributed by atoms with Crippen LogP contribution in [0.5, 0.6) is 0 Å². The van der Waals surface area contributed by atoms with Gasteiger partial charge in [0.2, 0.25) is 0 Å². The normalized spacial score (nSPS) is 16.7. The van der Waals surface area contributed by atoms with Crippen molar-refractivity contribution < 1.29 is 16.4 Å². The van der Waals surface area contributed by atoms with Gasteiger partial charge in [0, 0.05) is 0 Å². The van der Waals surface area contributed by atoms with Crippen LogP contribution in [0.1, 0.15) is 121 Å². The Balaban J connectivity index is 1.26. The van der Waals surface area contributed by atoms with E-state index in [1.54, 1.807) is 0 Å². The zero-order valence-corrected chi connectivity index (χ0v) is 48.6. The molecule has 361 valence electrons. The number of allylic oxidation sites excluding steroid dienone is 2. The van der Waals surface area contributed by atoms with Gasteiger partial charge in [-0.15, -0.1) is 0 Å². The van der Waals surface area contributed by atoms with Gasteiger partial charge >= 0.3 is 444 Å². The van der Waals surface area contributed by atoms with Crippen LogP contribution >= 0.6 is 17.0 Å². The predicted molar refractivity (Wildman–Crippen MR) is 314 cm³/mol. The summed E-state index contributed by atoms with van der Waals surface area (Å²) in [5.41, 5.74) is 23.6. The van der Waals surface area contributed by atoms with Crippen molar-refractivity contribution in [1.29, 1.82) is 0 Å². The summed E-state index contributed by atoms with van der Waals surface area (Å²) in [6, 6.07) is 66.1. The Kier molecular flexibility index (Phi) is 13.2. The molecule has 0 saturated heterocycles. The van der Waals surface area contributed by atoms with Gasteiger partial charge in [0.25, 0.3) is 0 Å². The molecule has 0 saturated carbocycles. The minimum atomic E-state index is -5.91. The molecule has 72 heavy (non-hydrogen) atoms. The fourth-order valence-electron chi connectivity index (χ4n) is 13.4. The first kappa shape index (κ1) is 49.1. The maximum absolute atomic E-state index is 9.74. The zero-order valence-electron chi connectivity index (χ0n) is 43.2. The molecule has 2 unspecified atom stereocenters. The van der Waals surface area contributed by atoms with Gasteiger partial charge in [-0.3, -0.25) is 0 Å². The van der Waals surface area contributed by atoms with E-state index in [4.69, 9.17) is 0 Å². The van der Waals surface area contributed by atoms with Gasteiger partial charge in [0.15, 0.2) is 0 Å². The van der Waals surface area contributed by atoms with Crippen molar-refractivity contribution in [2.75, 3.05) is 0 Å². The first-order chi connectivity index (χ1) is 34.7. The van der Waals surface area contributed by atoms with Gasteiger partial charge in [0.05, 0.1) is 0 Å². The maximum atomic E-state index is 9.74. The average Bonchev–Trinajstić information content (AvgIpc) is 4.07. The van der Waals surface area contributed by atoms with Crippen LogP contribution in [0.2, 0.25) is 0 Å². The summed E-state index contributed by atoms with van der Waals surface area (Å²) in [5.74, 6) is 1.37. The summed E-state index contributed by atoms with van der Waals surface area (Å²) >= 11 is -5.91. The third-order valence-electron chi connectivity index (χ3n) is 16.2. The van der Waals surface area contributed by atoms with Crippen molar-refractivity contribution in [3.63, 3.8) is 0 Å². The number of rotatable bonds is 13. The second-order valence-corrected chi connectivity index (χ2v) is 44.9. The van der Waals surface area contributed by atoms with Crippen LogP contribution in [0, 0.1) is 11.8 Å². The molecule has 11 rings (SSSR count). The molecule has 2 aliphatic carbocycles. The van der Waals surface area contributed by atoms with E-state index in [-0.39, 0.29) is 7.25 Å². The van der Waals surface area contributed by atoms with Gasteiger partial charge in [-0.2, -0.15) is 0 Å². The third-order valence-corrected chi connectivity index (χ3v) is 39.0. The summed E-state index contributed by atoms with van der Waals surface area (Å²) in [6.07, 6.45) is 7.02. The Bertz CT molecular complexity index is 3270. The van der Waals surface area contributed by atoms with Crippen molar-refractivity contribution >= 4 is 52.3 Å². The molecule has 0 spiro atoms. The summed E-state index contributed by atoms with van der Waals surface area (Å²) in [6.45, 7) is 18.9. The molecular weight excluding hydrogens is 1010 g/mol. The number of benzene rings is 8. The molecule has 8 aromatic rings. The molecular formula is C68H67Cl2SiZr. The van der Waals surface area contributed by atoms with Crippen LogP contribution in [0.4, 0.5) is 0 Å². The van der Waals surface area contributed by atoms with Crippen molar-refractivity contribution in [2.24, 2.45) is 11.8 Å². The Hall–Kier alpha value is -5.08. The Labute approximate surface area is 440 Å². The van der Waals surface area contributed by atoms with Gasteiger partial charge in [-0.1, -0.05) is 0 Å². The third kappa shape index (κ3) is 8.19. The van der Waals surface area contributed by atoms with Crippen LogP contribution in [-0.2, 0) is 16.4 Å². The second-order valence-electron chi connectivity index (χ2n) is 22.5. The van der Waals surface area contributed by atoms with E-state index >= 15 is 0 Å². The van der Waals surface area contributed by atoms with Crippen LogP contribution in [0.15, 0.2) is 187 Å².